The summed E-state index contributed by atoms with van der Waals surface area (Å²) in [5, 5.41) is 5.21. The second-order valence-electron chi connectivity index (χ2n) is 6.91. The van der Waals surface area contributed by atoms with Crippen LogP contribution in [0.5, 0.6) is 0 Å². The molecule has 1 heterocycles. The van der Waals surface area contributed by atoms with E-state index < -0.39 is 0 Å². The summed E-state index contributed by atoms with van der Waals surface area (Å²) in [6, 6.07) is 25.9. The Labute approximate surface area is 199 Å². The van der Waals surface area contributed by atoms with Gasteiger partial charge in [-0.05, 0) is 35.9 Å². The van der Waals surface area contributed by atoms with Gasteiger partial charge in [0.25, 0.3) is 11.5 Å². The molecular formula is C25H19ClN4O2S. The van der Waals surface area contributed by atoms with Crippen LogP contribution in [0.25, 0.3) is 22.7 Å². The molecule has 3 aromatic carbocycles. The van der Waals surface area contributed by atoms with Crippen molar-refractivity contribution in [2.45, 2.75) is 5.16 Å². The maximum atomic E-state index is 13.2. The summed E-state index contributed by atoms with van der Waals surface area (Å²) in [6.07, 6.45) is 3.11. The molecule has 0 saturated carbocycles. The molecule has 4 aromatic rings. The molecule has 0 fully saturated rings. The van der Waals surface area contributed by atoms with Gasteiger partial charge in [-0.1, -0.05) is 84.0 Å². The maximum absolute atomic E-state index is 13.2. The van der Waals surface area contributed by atoms with E-state index in [1.807, 2.05) is 66.7 Å². The summed E-state index contributed by atoms with van der Waals surface area (Å²) in [4.78, 5) is 30.1. The Morgan fingerprint density at radius 2 is 1.67 bits per heavy atom. The van der Waals surface area contributed by atoms with Gasteiger partial charge in [-0.15, -0.1) is 0 Å². The number of fused-ring (bicyclic) bond motifs is 1. The number of hydrogen-bond acceptors (Lipinski definition) is 5. The third kappa shape index (κ3) is 5.77. The van der Waals surface area contributed by atoms with Crippen molar-refractivity contribution in [3.63, 3.8) is 0 Å². The Balaban J connectivity index is 1.49. The Kier molecular flexibility index (Phi) is 7.34. The predicted molar refractivity (Wildman–Crippen MR) is 135 cm³/mol. The number of hydrogen-bond donors (Lipinski definition) is 1. The van der Waals surface area contributed by atoms with Crippen LogP contribution >= 0.6 is 23.4 Å². The first-order chi connectivity index (χ1) is 16.1. The Morgan fingerprint density at radius 1 is 1.00 bits per heavy atom. The van der Waals surface area contributed by atoms with Crippen LogP contribution in [-0.4, -0.2) is 27.4 Å². The Bertz CT molecular complexity index is 1390. The molecule has 0 radical (unpaired) electrons. The second-order valence-corrected chi connectivity index (χ2v) is 8.29. The summed E-state index contributed by atoms with van der Waals surface area (Å²) < 4.78 is 1.52. The number of aromatic nitrogens is 2. The lowest BCUT2D eigenvalue weighted by molar-refractivity contribution is -0.118. The van der Waals surface area contributed by atoms with Crippen LogP contribution in [0.2, 0.25) is 0 Å². The lowest BCUT2D eigenvalue weighted by Crippen LogP contribution is -2.24. The summed E-state index contributed by atoms with van der Waals surface area (Å²) in [7, 11) is 0. The lowest BCUT2D eigenvalue weighted by Gasteiger charge is -2.12. The van der Waals surface area contributed by atoms with Crippen molar-refractivity contribution in [2.24, 2.45) is 5.10 Å². The molecule has 0 atom stereocenters. The van der Waals surface area contributed by atoms with E-state index in [9.17, 15) is 9.59 Å². The van der Waals surface area contributed by atoms with E-state index >= 15 is 0 Å². The molecule has 164 valence electrons. The van der Waals surface area contributed by atoms with Gasteiger partial charge in [0.15, 0.2) is 5.16 Å². The zero-order valence-electron chi connectivity index (χ0n) is 17.4. The van der Waals surface area contributed by atoms with Crippen LogP contribution in [0, 0.1) is 0 Å². The van der Waals surface area contributed by atoms with Crippen LogP contribution in [0.3, 0.4) is 0 Å². The monoisotopic (exact) mass is 474 g/mol. The summed E-state index contributed by atoms with van der Waals surface area (Å²) >= 11 is 7.30. The van der Waals surface area contributed by atoms with Crippen molar-refractivity contribution < 1.29 is 4.79 Å². The minimum absolute atomic E-state index is 0.0228. The minimum atomic E-state index is -0.345. The van der Waals surface area contributed by atoms with Gasteiger partial charge in [-0.3, -0.25) is 14.2 Å². The molecule has 0 unspecified atom stereocenters. The van der Waals surface area contributed by atoms with E-state index in [1.54, 1.807) is 24.3 Å². The van der Waals surface area contributed by atoms with E-state index in [0.29, 0.717) is 26.8 Å². The molecule has 0 spiro atoms. The van der Waals surface area contributed by atoms with Gasteiger partial charge in [0.2, 0.25) is 0 Å². The van der Waals surface area contributed by atoms with Crippen LogP contribution < -0.4 is 11.0 Å². The molecule has 4 rings (SSSR count). The maximum Gasteiger partial charge on any atom is 0.266 e. The van der Waals surface area contributed by atoms with Crippen molar-refractivity contribution >= 4 is 52.5 Å². The van der Waals surface area contributed by atoms with E-state index in [1.165, 1.54) is 10.8 Å². The number of carbonyl (C=O) groups is 1. The molecule has 0 aliphatic rings. The highest BCUT2D eigenvalue weighted by Crippen LogP contribution is 2.21. The minimum Gasteiger partial charge on any atom is -0.272 e. The topological polar surface area (TPSA) is 76.3 Å². The van der Waals surface area contributed by atoms with Gasteiger partial charge in [0.05, 0.1) is 33.6 Å². The zero-order chi connectivity index (χ0) is 23.0. The van der Waals surface area contributed by atoms with E-state index in [2.05, 4.69) is 15.5 Å². The Morgan fingerprint density at radius 3 is 2.42 bits per heavy atom. The van der Waals surface area contributed by atoms with Gasteiger partial charge in [-0.2, -0.15) is 5.10 Å². The number of nitrogens with zero attached hydrogens (tertiary/aromatic N) is 3. The predicted octanol–water partition coefficient (Wildman–Crippen LogP) is 4.86. The number of thioether (sulfide) groups is 1. The van der Waals surface area contributed by atoms with Gasteiger partial charge < -0.3 is 0 Å². The molecule has 1 aromatic heterocycles. The standard InChI is InChI=1S/C25H19ClN4O2S/c26-19(15-18-9-3-1-4-10-18)16-27-29-23(31)17-33-25-28-22-14-8-7-13-21(22)24(32)30(25)20-11-5-2-6-12-20/h1-16H,17H2,(H,29,31)/b19-15-,27-16+. The van der Waals surface area contributed by atoms with Gasteiger partial charge >= 0.3 is 0 Å². The fourth-order valence-electron chi connectivity index (χ4n) is 3.09. The number of rotatable bonds is 7. The quantitative estimate of drug-likeness (QED) is 0.179. The fourth-order valence-corrected chi connectivity index (χ4v) is 4.07. The second kappa shape index (κ2) is 10.8. The molecule has 0 aliphatic carbocycles. The first-order valence-electron chi connectivity index (χ1n) is 10.1. The zero-order valence-corrected chi connectivity index (χ0v) is 19.0. The largest absolute Gasteiger partial charge is 0.272 e. The third-order valence-electron chi connectivity index (χ3n) is 4.57. The SMILES string of the molecule is O=C(CSc1nc2ccccc2c(=O)n1-c1ccccc1)N/N=C/C(Cl)=C/c1ccccc1. The van der Waals surface area contributed by atoms with Crippen molar-refractivity contribution in [3.8, 4) is 5.69 Å². The van der Waals surface area contributed by atoms with E-state index in [4.69, 9.17) is 11.6 Å². The van der Waals surface area contributed by atoms with Crippen LogP contribution in [0.15, 0.2) is 105 Å². The van der Waals surface area contributed by atoms with Gasteiger partial charge in [0, 0.05) is 0 Å². The van der Waals surface area contributed by atoms with Crippen LogP contribution in [-0.2, 0) is 4.79 Å². The number of amides is 1. The van der Waals surface area contributed by atoms with Crippen LogP contribution in [0.1, 0.15) is 5.56 Å². The first kappa shape index (κ1) is 22.5. The fraction of sp³-hybridized carbons (Fsp3) is 0.0400. The lowest BCUT2D eigenvalue weighted by atomic mass is 10.2. The van der Waals surface area contributed by atoms with Crippen molar-refractivity contribution in [3.05, 3.63) is 106 Å². The molecule has 33 heavy (non-hydrogen) atoms. The number of nitrogens with one attached hydrogen (secondary N) is 1. The molecule has 8 heteroatoms. The number of allylic oxidation sites excluding steroid dienone is 1. The highest BCUT2D eigenvalue weighted by Gasteiger charge is 2.14. The first-order valence-corrected chi connectivity index (χ1v) is 11.4. The number of hydrazone groups is 1. The van der Waals surface area contributed by atoms with Crippen LogP contribution in [0.4, 0.5) is 0 Å². The average Bonchev–Trinajstić information content (AvgIpc) is 2.84. The molecule has 1 N–H and O–H groups in total. The highest BCUT2D eigenvalue weighted by molar-refractivity contribution is 7.99. The number of carbonyl (C=O) groups excluding carboxylic acids is 1. The normalized spacial score (nSPS) is 11.7. The van der Waals surface area contributed by atoms with Crippen molar-refractivity contribution in [1.82, 2.24) is 15.0 Å². The van der Waals surface area contributed by atoms with Crippen molar-refractivity contribution in [2.75, 3.05) is 5.75 Å². The van der Waals surface area contributed by atoms with E-state index in [0.717, 1.165) is 17.3 Å². The molecule has 0 saturated heterocycles. The molecular weight excluding hydrogens is 456 g/mol. The summed E-state index contributed by atoms with van der Waals surface area (Å²) in [5.41, 5.74) is 4.45. The highest BCUT2D eigenvalue weighted by atomic mass is 35.5. The van der Waals surface area contributed by atoms with Gasteiger partial charge in [0.1, 0.15) is 0 Å². The molecule has 0 aliphatic heterocycles. The third-order valence-corrected chi connectivity index (χ3v) is 5.72. The summed E-state index contributed by atoms with van der Waals surface area (Å²) in [6.45, 7) is 0. The molecule has 6 nitrogen and oxygen atoms in total. The summed E-state index contributed by atoms with van der Waals surface area (Å²) in [5.74, 6) is -0.322. The number of halogens is 1. The smallest absolute Gasteiger partial charge is 0.266 e. The molecule has 1 amide bonds. The number of benzene rings is 3. The van der Waals surface area contributed by atoms with E-state index in [-0.39, 0.29) is 17.2 Å². The Hall–Kier alpha value is -3.68. The molecule has 0 bridgehead atoms. The van der Waals surface area contributed by atoms with Crippen molar-refractivity contribution in [1.29, 1.82) is 0 Å². The van der Waals surface area contributed by atoms with Gasteiger partial charge in [-0.25, -0.2) is 10.4 Å². The average molecular weight is 475 g/mol. The number of para-hydroxylation sites is 2.